The summed E-state index contributed by atoms with van der Waals surface area (Å²) >= 11 is 6.27. The van der Waals surface area contributed by atoms with E-state index in [4.69, 9.17) is 11.6 Å². The molecule has 2 aromatic carbocycles. The number of anilines is 1. The summed E-state index contributed by atoms with van der Waals surface area (Å²) < 4.78 is 0. The molecule has 3 aromatic rings. The molecule has 1 N–H and O–H groups in total. The van der Waals surface area contributed by atoms with Crippen LogP contribution in [0.5, 0.6) is 0 Å². The lowest BCUT2D eigenvalue weighted by atomic mass is 9.79. The number of hydrogen-bond acceptors (Lipinski definition) is 4. The highest BCUT2D eigenvalue weighted by molar-refractivity contribution is 6.33. The van der Waals surface area contributed by atoms with Crippen molar-refractivity contribution in [3.63, 3.8) is 0 Å². The summed E-state index contributed by atoms with van der Waals surface area (Å²) in [4.78, 5) is 35.4. The van der Waals surface area contributed by atoms with Crippen LogP contribution in [0.1, 0.15) is 70.0 Å². The minimum atomic E-state index is -0.178. The second kappa shape index (κ2) is 10.4. The van der Waals surface area contributed by atoms with Crippen molar-refractivity contribution in [2.24, 2.45) is 5.41 Å². The number of piperidine rings is 1. The summed E-state index contributed by atoms with van der Waals surface area (Å²) in [6, 6.07) is 17.2. The fraction of sp³-hybridized carbons (Fsp3) is 0.387. The van der Waals surface area contributed by atoms with E-state index >= 15 is 0 Å². The SMILES string of the molecule is O=C(N[C@@H]1CCCc2ccc(C(=O)N3CCCC4(CCN(c5ccncc5)C4)C3)cc21)c1ccccc1Cl. The van der Waals surface area contributed by atoms with Gasteiger partial charge in [0.25, 0.3) is 11.8 Å². The van der Waals surface area contributed by atoms with Crippen LogP contribution in [-0.4, -0.2) is 47.9 Å². The molecule has 2 saturated heterocycles. The van der Waals surface area contributed by atoms with Crippen LogP contribution in [0.15, 0.2) is 67.0 Å². The molecule has 2 amide bonds. The van der Waals surface area contributed by atoms with Gasteiger partial charge >= 0.3 is 0 Å². The molecule has 196 valence electrons. The summed E-state index contributed by atoms with van der Waals surface area (Å²) in [6.45, 7) is 3.57. The van der Waals surface area contributed by atoms with E-state index in [1.807, 2.05) is 36.7 Å². The van der Waals surface area contributed by atoms with Crippen LogP contribution in [0.4, 0.5) is 5.69 Å². The third kappa shape index (κ3) is 4.90. The largest absolute Gasteiger partial charge is 0.371 e. The third-order valence-electron chi connectivity index (χ3n) is 8.55. The van der Waals surface area contributed by atoms with Gasteiger partial charge in [-0.15, -0.1) is 0 Å². The predicted molar refractivity (Wildman–Crippen MR) is 150 cm³/mol. The maximum Gasteiger partial charge on any atom is 0.253 e. The van der Waals surface area contributed by atoms with Crippen molar-refractivity contribution in [3.8, 4) is 0 Å². The molecule has 2 fully saturated rings. The molecule has 0 saturated carbocycles. The minimum Gasteiger partial charge on any atom is -0.371 e. The van der Waals surface area contributed by atoms with Crippen LogP contribution in [0.2, 0.25) is 5.02 Å². The molecular weight excluding hydrogens is 496 g/mol. The smallest absolute Gasteiger partial charge is 0.253 e. The van der Waals surface area contributed by atoms with Crippen LogP contribution in [0.25, 0.3) is 0 Å². The Hall–Kier alpha value is -3.38. The topological polar surface area (TPSA) is 65.5 Å². The summed E-state index contributed by atoms with van der Waals surface area (Å²) in [6.07, 6.45) is 9.76. The Morgan fingerprint density at radius 3 is 2.66 bits per heavy atom. The number of fused-ring (bicyclic) bond motifs is 1. The van der Waals surface area contributed by atoms with Gasteiger partial charge in [-0.05, 0) is 86.1 Å². The van der Waals surface area contributed by atoms with E-state index in [-0.39, 0.29) is 23.3 Å². The van der Waals surface area contributed by atoms with Crippen LogP contribution in [0, 0.1) is 5.41 Å². The van der Waals surface area contributed by atoms with Gasteiger partial charge in [0, 0.05) is 55.2 Å². The number of aryl methyl sites for hydroxylation is 1. The molecular formula is C31H33ClN4O2. The standard InChI is InChI=1S/C31H33ClN4O2/c32-27-7-2-1-6-25(27)29(37)34-28-8-3-5-22-9-10-23(19-26(22)28)30(38)36-17-4-13-31(21-36)14-18-35(20-31)24-11-15-33-16-12-24/h1-2,6-7,9-12,15-16,19,28H,3-5,8,13-14,17-18,20-21H2,(H,34,37)/t28-,31?/m1/s1. The average Bonchev–Trinajstić information content (AvgIpc) is 3.36. The highest BCUT2D eigenvalue weighted by Crippen LogP contribution is 2.41. The first-order chi connectivity index (χ1) is 18.5. The van der Waals surface area contributed by atoms with Crippen LogP contribution in [0.3, 0.4) is 0 Å². The van der Waals surface area contributed by atoms with Gasteiger partial charge in [0.15, 0.2) is 0 Å². The Morgan fingerprint density at radius 2 is 1.82 bits per heavy atom. The molecule has 1 spiro atoms. The quantitative estimate of drug-likeness (QED) is 0.473. The van der Waals surface area contributed by atoms with Gasteiger partial charge in [0.05, 0.1) is 16.6 Å². The van der Waals surface area contributed by atoms with Gasteiger partial charge in [-0.25, -0.2) is 0 Å². The Kier molecular flexibility index (Phi) is 6.83. The first kappa shape index (κ1) is 24.9. The molecule has 6 nitrogen and oxygen atoms in total. The molecule has 1 unspecified atom stereocenters. The van der Waals surface area contributed by atoms with E-state index in [0.717, 1.165) is 70.3 Å². The molecule has 3 aliphatic rings. The molecule has 3 heterocycles. The molecule has 7 heteroatoms. The van der Waals surface area contributed by atoms with E-state index in [9.17, 15) is 9.59 Å². The molecule has 2 aliphatic heterocycles. The van der Waals surface area contributed by atoms with Crippen molar-refractivity contribution < 1.29 is 9.59 Å². The van der Waals surface area contributed by atoms with E-state index in [1.54, 1.807) is 12.1 Å². The summed E-state index contributed by atoms with van der Waals surface area (Å²) in [7, 11) is 0. The van der Waals surface area contributed by atoms with Crippen molar-refractivity contribution in [2.75, 3.05) is 31.1 Å². The monoisotopic (exact) mass is 528 g/mol. The van der Waals surface area contributed by atoms with Crippen molar-refractivity contribution in [1.29, 1.82) is 0 Å². The number of carbonyl (C=O) groups excluding carboxylic acids is 2. The number of pyridine rings is 1. The Balaban J connectivity index is 1.18. The number of rotatable bonds is 4. The maximum absolute atomic E-state index is 13.8. The molecule has 2 atom stereocenters. The van der Waals surface area contributed by atoms with E-state index in [2.05, 4.69) is 38.3 Å². The summed E-state index contributed by atoms with van der Waals surface area (Å²) in [5.41, 5.74) is 4.79. The van der Waals surface area contributed by atoms with Crippen molar-refractivity contribution in [1.82, 2.24) is 15.2 Å². The summed E-state index contributed by atoms with van der Waals surface area (Å²) in [5.74, 6) is -0.0841. The van der Waals surface area contributed by atoms with Crippen molar-refractivity contribution >= 4 is 29.1 Å². The van der Waals surface area contributed by atoms with Gasteiger partial charge in [0.2, 0.25) is 0 Å². The lowest BCUT2D eigenvalue weighted by molar-refractivity contribution is 0.0556. The maximum atomic E-state index is 13.8. The lowest BCUT2D eigenvalue weighted by Crippen LogP contribution is -2.47. The van der Waals surface area contributed by atoms with E-state index in [1.165, 1.54) is 11.3 Å². The fourth-order valence-corrected chi connectivity index (χ4v) is 6.79. The Labute approximate surface area is 229 Å². The molecule has 1 aliphatic carbocycles. The van der Waals surface area contributed by atoms with E-state index in [0.29, 0.717) is 16.1 Å². The molecule has 0 radical (unpaired) electrons. The molecule has 1 aromatic heterocycles. The predicted octanol–water partition coefficient (Wildman–Crippen LogP) is 5.68. The number of hydrogen-bond donors (Lipinski definition) is 1. The average molecular weight is 529 g/mol. The van der Waals surface area contributed by atoms with Crippen LogP contribution in [-0.2, 0) is 6.42 Å². The number of halogens is 1. The third-order valence-corrected chi connectivity index (χ3v) is 8.88. The van der Waals surface area contributed by atoms with Crippen molar-refractivity contribution in [2.45, 2.75) is 44.6 Å². The first-order valence-electron chi connectivity index (χ1n) is 13.6. The minimum absolute atomic E-state index is 0.0935. The van der Waals surface area contributed by atoms with Gasteiger partial charge < -0.3 is 15.1 Å². The van der Waals surface area contributed by atoms with Gasteiger partial charge in [-0.2, -0.15) is 0 Å². The zero-order valence-corrected chi connectivity index (χ0v) is 22.3. The molecule has 0 bridgehead atoms. The van der Waals surface area contributed by atoms with E-state index < -0.39 is 0 Å². The lowest BCUT2D eigenvalue weighted by Gasteiger charge is -2.40. The highest BCUT2D eigenvalue weighted by atomic mass is 35.5. The van der Waals surface area contributed by atoms with Gasteiger partial charge in [-0.1, -0.05) is 29.8 Å². The second-order valence-electron chi connectivity index (χ2n) is 11.0. The zero-order valence-electron chi connectivity index (χ0n) is 21.5. The number of aromatic nitrogens is 1. The van der Waals surface area contributed by atoms with Crippen molar-refractivity contribution in [3.05, 3.63) is 94.3 Å². The fourth-order valence-electron chi connectivity index (χ4n) is 6.57. The number of amides is 2. The molecule has 6 rings (SSSR count). The number of carbonyl (C=O) groups is 2. The Morgan fingerprint density at radius 1 is 0.974 bits per heavy atom. The van der Waals surface area contributed by atoms with Crippen LogP contribution < -0.4 is 10.2 Å². The zero-order chi connectivity index (χ0) is 26.1. The normalized spacial score (nSPS) is 22.8. The second-order valence-corrected chi connectivity index (χ2v) is 11.4. The summed E-state index contributed by atoms with van der Waals surface area (Å²) in [5, 5.41) is 3.62. The number of benzene rings is 2. The van der Waals surface area contributed by atoms with Crippen LogP contribution >= 0.6 is 11.6 Å². The van der Waals surface area contributed by atoms with Gasteiger partial charge in [0.1, 0.15) is 0 Å². The number of nitrogens with zero attached hydrogens (tertiary/aromatic N) is 3. The number of nitrogens with one attached hydrogen (secondary N) is 1. The highest BCUT2D eigenvalue weighted by Gasteiger charge is 2.42. The first-order valence-corrected chi connectivity index (χ1v) is 14.0. The Bertz CT molecular complexity index is 1350. The molecule has 38 heavy (non-hydrogen) atoms. The number of likely N-dealkylation sites (tertiary alicyclic amines) is 1. The van der Waals surface area contributed by atoms with Gasteiger partial charge in [-0.3, -0.25) is 14.6 Å².